The molecule has 1 N–H and O–H groups in total. The van der Waals surface area contributed by atoms with Crippen LogP contribution in [0.1, 0.15) is 17.8 Å². The highest BCUT2D eigenvalue weighted by Gasteiger charge is 2.30. The maximum Gasteiger partial charge on any atom is 0.229 e. The second-order valence-electron chi connectivity index (χ2n) is 3.79. The quantitative estimate of drug-likeness (QED) is 0.729. The van der Waals surface area contributed by atoms with Gasteiger partial charge in [0.25, 0.3) is 0 Å². The molecule has 0 spiro atoms. The number of hydrogen-bond acceptors (Lipinski definition) is 5. The van der Waals surface area contributed by atoms with Crippen LogP contribution >= 0.6 is 12.6 Å². The van der Waals surface area contributed by atoms with Gasteiger partial charge in [0.15, 0.2) is 0 Å². The van der Waals surface area contributed by atoms with Gasteiger partial charge >= 0.3 is 0 Å². The van der Waals surface area contributed by atoms with Crippen LogP contribution in [0.2, 0.25) is 0 Å². The number of nitrogens with zero attached hydrogens (tertiary/aromatic N) is 3. The van der Waals surface area contributed by atoms with Crippen molar-refractivity contribution in [2.75, 3.05) is 11.4 Å². The van der Waals surface area contributed by atoms with E-state index in [0.29, 0.717) is 30.2 Å². The Morgan fingerprint density at radius 2 is 2.44 bits per heavy atom. The van der Waals surface area contributed by atoms with Crippen LogP contribution in [0.25, 0.3) is 0 Å². The van der Waals surface area contributed by atoms with Crippen LogP contribution in [0, 0.1) is 6.92 Å². The Kier molecular flexibility index (Phi) is 3.11. The summed E-state index contributed by atoms with van der Waals surface area (Å²) in [6.07, 6.45) is 1.97. The Morgan fingerprint density at radius 3 is 3.00 bits per heavy atom. The minimum atomic E-state index is -0.170. The van der Waals surface area contributed by atoms with Crippen molar-refractivity contribution in [2.24, 2.45) is 0 Å². The predicted molar refractivity (Wildman–Crippen MR) is 62.4 cm³/mol. The van der Waals surface area contributed by atoms with E-state index in [1.165, 1.54) is 0 Å². The van der Waals surface area contributed by atoms with Gasteiger partial charge in [0, 0.05) is 30.0 Å². The maximum absolute atomic E-state index is 11.7. The van der Waals surface area contributed by atoms with Crippen molar-refractivity contribution in [1.29, 1.82) is 0 Å². The van der Waals surface area contributed by atoms with Crippen molar-refractivity contribution in [3.63, 3.8) is 0 Å². The largest absolute Gasteiger partial charge is 0.391 e. The van der Waals surface area contributed by atoms with Gasteiger partial charge in [0.05, 0.1) is 6.61 Å². The molecule has 1 aliphatic rings. The first kappa shape index (κ1) is 11.3. The van der Waals surface area contributed by atoms with E-state index < -0.39 is 0 Å². The lowest BCUT2D eigenvalue weighted by molar-refractivity contribution is -0.117. The molecule has 2 rings (SSSR count). The zero-order valence-electron chi connectivity index (χ0n) is 8.92. The van der Waals surface area contributed by atoms with Crippen LogP contribution in [0.15, 0.2) is 6.20 Å². The van der Waals surface area contributed by atoms with Crippen LogP contribution in [0.4, 0.5) is 5.82 Å². The van der Waals surface area contributed by atoms with Gasteiger partial charge in [0.1, 0.15) is 11.6 Å². The molecule has 1 unspecified atom stereocenters. The fourth-order valence-electron chi connectivity index (χ4n) is 1.72. The summed E-state index contributed by atoms with van der Waals surface area (Å²) in [5.74, 6) is 1.09. The van der Waals surface area contributed by atoms with Gasteiger partial charge in [-0.2, -0.15) is 12.6 Å². The van der Waals surface area contributed by atoms with Gasteiger partial charge in [-0.05, 0) is 6.92 Å². The van der Waals surface area contributed by atoms with Crippen LogP contribution in [0.5, 0.6) is 0 Å². The Hall–Kier alpha value is -1.14. The molecule has 0 saturated carbocycles. The third-order valence-corrected chi connectivity index (χ3v) is 2.84. The normalized spacial score (nSPS) is 20.6. The van der Waals surface area contributed by atoms with Crippen molar-refractivity contribution in [3.05, 3.63) is 17.6 Å². The number of aliphatic hydroxyl groups is 1. The lowest BCUT2D eigenvalue weighted by Gasteiger charge is -2.17. The minimum absolute atomic E-state index is 0.00667. The summed E-state index contributed by atoms with van der Waals surface area (Å²) in [5.41, 5.74) is 0.571. The second kappa shape index (κ2) is 4.39. The molecule has 0 radical (unpaired) electrons. The molecule has 6 heteroatoms. The van der Waals surface area contributed by atoms with Crippen LogP contribution < -0.4 is 4.90 Å². The van der Waals surface area contributed by atoms with Crippen LogP contribution in [-0.2, 0) is 11.4 Å². The SMILES string of the molecule is Cc1ncc(CO)c(N2CC(S)CC2=O)n1. The second-order valence-corrected chi connectivity index (χ2v) is 4.52. The smallest absolute Gasteiger partial charge is 0.229 e. The number of carbonyl (C=O) groups excluding carboxylic acids is 1. The summed E-state index contributed by atoms with van der Waals surface area (Å²) in [5, 5.41) is 9.22. The first-order chi connectivity index (χ1) is 7.61. The van der Waals surface area contributed by atoms with Crippen LogP contribution in [-0.4, -0.2) is 32.8 Å². The van der Waals surface area contributed by atoms with E-state index in [1.807, 2.05) is 0 Å². The molecule has 86 valence electrons. The number of aliphatic hydroxyl groups excluding tert-OH is 1. The molecule has 2 heterocycles. The average molecular weight is 239 g/mol. The minimum Gasteiger partial charge on any atom is -0.391 e. The topological polar surface area (TPSA) is 66.3 Å². The average Bonchev–Trinajstić information content (AvgIpc) is 2.57. The predicted octanol–water partition coefficient (Wildman–Crippen LogP) is 0.312. The number of aryl methyl sites for hydroxylation is 1. The molecular weight excluding hydrogens is 226 g/mol. The Morgan fingerprint density at radius 1 is 1.69 bits per heavy atom. The summed E-state index contributed by atoms with van der Waals surface area (Å²) in [7, 11) is 0. The molecule has 1 atom stereocenters. The molecule has 1 amide bonds. The molecule has 1 saturated heterocycles. The summed E-state index contributed by atoms with van der Waals surface area (Å²) in [6.45, 7) is 2.12. The van der Waals surface area contributed by atoms with Gasteiger partial charge in [-0.1, -0.05) is 0 Å². The molecule has 1 fully saturated rings. The molecule has 0 bridgehead atoms. The Balaban J connectivity index is 2.39. The van der Waals surface area contributed by atoms with Gasteiger partial charge in [0.2, 0.25) is 5.91 Å². The number of amides is 1. The highest BCUT2D eigenvalue weighted by Crippen LogP contribution is 2.25. The molecular formula is C10H13N3O2S. The molecule has 1 aromatic heterocycles. The summed E-state index contributed by atoms with van der Waals surface area (Å²) in [6, 6.07) is 0. The van der Waals surface area contributed by atoms with E-state index in [0.717, 1.165) is 0 Å². The molecule has 16 heavy (non-hydrogen) atoms. The molecule has 0 aliphatic carbocycles. The fraction of sp³-hybridized carbons (Fsp3) is 0.500. The molecule has 5 nitrogen and oxygen atoms in total. The third kappa shape index (κ3) is 2.03. The monoisotopic (exact) mass is 239 g/mol. The lowest BCUT2D eigenvalue weighted by atomic mass is 10.3. The van der Waals surface area contributed by atoms with Gasteiger partial charge in [-0.15, -0.1) is 0 Å². The van der Waals surface area contributed by atoms with E-state index >= 15 is 0 Å². The number of thiol groups is 1. The van der Waals surface area contributed by atoms with Gasteiger partial charge in [-0.25, -0.2) is 9.97 Å². The van der Waals surface area contributed by atoms with Gasteiger partial charge in [-0.3, -0.25) is 9.69 Å². The standard InChI is InChI=1S/C10H13N3O2S/c1-6-11-3-7(5-14)10(12-6)13-4-8(16)2-9(13)15/h3,8,14,16H,2,4-5H2,1H3. The molecule has 1 aromatic rings. The summed E-state index contributed by atoms with van der Waals surface area (Å²) in [4.78, 5) is 21.5. The van der Waals surface area contributed by atoms with Gasteiger partial charge < -0.3 is 5.11 Å². The highest BCUT2D eigenvalue weighted by atomic mass is 32.1. The Bertz CT molecular complexity index is 425. The summed E-state index contributed by atoms with van der Waals surface area (Å²) >= 11 is 4.28. The van der Waals surface area contributed by atoms with E-state index in [9.17, 15) is 9.90 Å². The van der Waals surface area contributed by atoms with Crippen molar-refractivity contribution >= 4 is 24.4 Å². The third-order valence-electron chi connectivity index (χ3n) is 2.49. The number of anilines is 1. The highest BCUT2D eigenvalue weighted by molar-refractivity contribution is 7.81. The van der Waals surface area contributed by atoms with Crippen molar-refractivity contribution in [2.45, 2.75) is 25.2 Å². The first-order valence-electron chi connectivity index (χ1n) is 5.03. The zero-order valence-corrected chi connectivity index (χ0v) is 9.81. The Labute approximate surface area is 98.9 Å². The molecule has 1 aliphatic heterocycles. The van der Waals surface area contributed by atoms with Crippen molar-refractivity contribution in [3.8, 4) is 0 Å². The lowest BCUT2D eigenvalue weighted by Crippen LogP contribution is -2.27. The summed E-state index contributed by atoms with van der Waals surface area (Å²) < 4.78 is 0. The number of hydrogen-bond donors (Lipinski definition) is 2. The first-order valence-corrected chi connectivity index (χ1v) is 5.55. The van der Waals surface area contributed by atoms with E-state index in [2.05, 4.69) is 22.6 Å². The zero-order chi connectivity index (χ0) is 11.7. The van der Waals surface area contributed by atoms with Crippen molar-refractivity contribution in [1.82, 2.24) is 9.97 Å². The number of rotatable bonds is 2. The van der Waals surface area contributed by atoms with E-state index in [1.54, 1.807) is 18.0 Å². The number of aromatic nitrogens is 2. The maximum atomic E-state index is 11.7. The fourth-order valence-corrected chi connectivity index (χ4v) is 2.04. The van der Waals surface area contributed by atoms with E-state index in [-0.39, 0.29) is 17.8 Å². The van der Waals surface area contributed by atoms with E-state index in [4.69, 9.17) is 0 Å². The van der Waals surface area contributed by atoms with Crippen molar-refractivity contribution < 1.29 is 9.90 Å². The number of carbonyl (C=O) groups is 1. The molecule has 0 aromatic carbocycles. The van der Waals surface area contributed by atoms with Crippen LogP contribution in [0.3, 0.4) is 0 Å².